The summed E-state index contributed by atoms with van der Waals surface area (Å²) in [5.41, 5.74) is 8.02. The van der Waals surface area contributed by atoms with E-state index in [1.165, 1.54) is 5.56 Å². The number of aliphatic imine (C=N–C) groups is 1. The van der Waals surface area contributed by atoms with Crippen molar-refractivity contribution in [1.29, 1.82) is 0 Å². The monoisotopic (exact) mass is 263 g/mol. The summed E-state index contributed by atoms with van der Waals surface area (Å²) in [4.78, 5) is 4.33. The highest BCUT2D eigenvalue weighted by molar-refractivity contribution is 5.77. The second kappa shape index (κ2) is 7.67. The molecule has 0 atom stereocenters. The van der Waals surface area contributed by atoms with Crippen molar-refractivity contribution in [1.82, 2.24) is 5.32 Å². The van der Waals surface area contributed by atoms with Gasteiger partial charge >= 0.3 is 0 Å². The number of ether oxygens (including phenoxy) is 1. The molecule has 3 N–H and O–H groups in total. The number of nitrogens with zero attached hydrogens (tertiary/aromatic N) is 1. The summed E-state index contributed by atoms with van der Waals surface area (Å²) in [6.07, 6.45) is 1.18. The lowest BCUT2D eigenvalue weighted by molar-refractivity contribution is 0.240. The second-order valence-electron chi connectivity index (χ2n) is 4.91. The Hall–Kier alpha value is -1.71. The van der Waals surface area contributed by atoms with Crippen molar-refractivity contribution in [2.24, 2.45) is 10.7 Å². The van der Waals surface area contributed by atoms with Gasteiger partial charge in [-0.15, -0.1) is 0 Å². The molecule has 0 aromatic heterocycles. The summed E-state index contributed by atoms with van der Waals surface area (Å²) in [5, 5.41) is 3.06. The van der Waals surface area contributed by atoms with E-state index in [1.807, 2.05) is 26.0 Å². The van der Waals surface area contributed by atoms with E-state index in [9.17, 15) is 0 Å². The molecule has 0 bridgehead atoms. The minimum atomic E-state index is 0.153. The first-order chi connectivity index (χ1) is 9.02. The first-order valence-electron chi connectivity index (χ1n) is 6.83. The Bertz CT molecular complexity index is 427. The third-order valence-corrected chi connectivity index (χ3v) is 2.56. The van der Waals surface area contributed by atoms with Crippen LogP contribution >= 0.6 is 0 Å². The minimum absolute atomic E-state index is 0.153. The van der Waals surface area contributed by atoms with Crippen LogP contribution in [0.4, 0.5) is 0 Å². The molecule has 106 valence electrons. The molecule has 0 fully saturated rings. The smallest absolute Gasteiger partial charge is 0.188 e. The number of hydrogen-bond acceptors (Lipinski definition) is 2. The SMILES string of the molecule is CCCNC(N)=NCc1ccc(C)cc1OC(C)C. The molecule has 1 aromatic rings. The van der Waals surface area contributed by atoms with E-state index in [0.29, 0.717) is 12.5 Å². The van der Waals surface area contributed by atoms with Gasteiger partial charge in [0.15, 0.2) is 5.96 Å². The second-order valence-corrected chi connectivity index (χ2v) is 4.91. The lowest BCUT2D eigenvalue weighted by Crippen LogP contribution is -2.32. The standard InChI is InChI=1S/C15H25N3O/c1-5-8-17-15(16)18-10-13-7-6-12(4)9-14(13)19-11(2)3/h6-7,9,11H,5,8,10H2,1-4H3,(H3,16,17,18). The summed E-state index contributed by atoms with van der Waals surface area (Å²) >= 11 is 0. The molecule has 4 heteroatoms. The molecule has 0 unspecified atom stereocenters. The zero-order valence-corrected chi connectivity index (χ0v) is 12.4. The first-order valence-corrected chi connectivity index (χ1v) is 6.83. The lowest BCUT2D eigenvalue weighted by Gasteiger charge is -2.14. The average Bonchev–Trinajstić information content (AvgIpc) is 2.34. The molecule has 0 saturated carbocycles. The van der Waals surface area contributed by atoms with Gasteiger partial charge < -0.3 is 15.8 Å². The minimum Gasteiger partial charge on any atom is -0.491 e. The molecular formula is C15H25N3O. The zero-order chi connectivity index (χ0) is 14.3. The van der Waals surface area contributed by atoms with E-state index in [-0.39, 0.29) is 6.10 Å². The quantitative estimate of drug-likeness (QED) is 0.612. The van der Waals surface area contributed by atoms with Crippen LogP contribution in [-0.2, 0) is 6.54 Å². The highest BCUT2D eigenvalue weighted by Gasteiger charge is 2.06. The third kappa shape index (κ3) is 5.64. The molecule has 0 aliphatic heterocycles. The predicted octanol–water partition coefficient (Wildman–Crippen LogP) is 2.60. The summed E-state index contributed by atoms with van der Waals surface area (Å²) < 4.78 is 5.81. The van der Waals surface area contributed by atoms with Gasteiger partial charge in [0.25, 0.3) is 0 Å². The van der Waals surface area contributed by atoms with Crippen LogP contribution in [0.5, 0.6) is 5.75 Å². The molecule has 0 aliphatic carbocycles. The Morgan fingerprint density at radius 1 is 1.42 bits per heavy atom. The summed E-state index contributed by atoms with van der Waals surface area (Å²) in [6.45, 7) is 9.56. The Balaban J connectivity index is 2.76. The molecular weight excluding hydrogens is 238 g/mol. The van der Waals surface area contributed by atoms with Crippen molar-refractivity contribution < 1.29 is 4.74 Å². The number of guanidine groups is 1. The molecule has 19 heavy (non-hydrogen) atoms. The fourth-order valence-electron chi connectivity index (χ4n) is 1.64. The topological polar surface area (TPSA) is 59.6 Å². The Morgan fingerprint density at radius 3 is 2.79 bits per heavy atom. The van der Waals surface area contributed by atoms with Gasteiger partial charge in [-0.1, -0.05) is 19.1 Å². The van der Waals surface area contributed by atoms with Crippen LogP contribution in [0.3, 0.4) is 0 Å². The molecule has 1 rings (SSSR count). The van der Waals surface area contributed by atoms with Crippen molar-refractivity contribution in [2.45, 2.75) is 46.8 Å². The van der Waals surface area contributed by atoms with Crippen molar-refractivity contribution in [3.05, 3.63) is 29.3 Å². The maximum atomic E-state index is 5.81. The largest absolute Gasteiger partial charge is 0.491 e. The summed E-state index contributed by atoms with van der Waals surface area (Å²) in [5.74, 6) is 1.37. The summed E-state index contributed by atoms with van der Waals surface area (Å²) in [7, 11) is 0. The number of nitrogens with two attached hydrogens (primary N) is 1. The van der Waals surface area contributed by atoms with Crippen molar-refractivity contribution >= 4 is 5.96 Å². The van der Waals surface area contributed by atoms with Gasteiger partial charge in [-0.2, -0.15) is 0 Å². The maximum Gasteiger partial charge on any atom is 0.188 e. The Kier molecular flexibility index (Phi) is 6.19. The molecule has 4 nitrogen and oxygen atoms in total. The number of aryl methyl sites for hydroxylation is 1. The molecule has 0 amide bonds. The number of benzene rings is 1. The van der Waals surface area contributed by atoms with Crippen LogP contribution in [0.25, 0.3) is 0 Å². The molecule has 1 aromatic carbocycles. The van der Waals surface area contributed by atoms with Gasteiger partial charge in [-0.3, -0.25) is 0 Å². The van der Waals surface area contributed by atoms with Crippen molar-refractivity contribution in [3.8, 4) is 5.75 Å². The van der Waals surface area contributed by atoms with Crippen LogP contribution in [-0.4, -0.2) is 18.6 Å². The van der Waals surface area contributed by atoms with Crippen LogP contribution in [0.15, 0.2) is 23.2 Å². The van der Waals surface area contributed by atoms with Crippen LogP contribution in [0, 0.1) is 6.92 Å². The molecule has 0 saturated heterocycles. The van der Waals surface area contributed by atoms with Gasteiger partial charge in [-0.05, 0) is 38.8 Å². The molecule has 0 spiro atoms. The van der Waals surface area contributed by atoms with Gasteiger partial charge in [-0.25, -0.2) is 4.99 Å². The molecule has 0 aliphatic rings. The van der Waals surface area contributed by atoms with Crippen LogP contribution < -0.4 is 15.8 Å². The van der Waals surface area contributed by atoms with E-state index in [0.717, 1.165) is 24.3 Å². The van der Waals surface area contributed by atoms with Crippen LogP contribution in [0.2, 0.25) is 0 Å². The van der Waals surface area contributed by atoms with E-state index in [2.05, 4.69) is 30.2 Å². The van der Waals surface area contributed by atoms with Gasteiger partial charge in [0.2, 0.25) is 0 Å². The van der Waals surface area contributed by atoms with E-state index >= 15 is 0 Å². The van der Waals surface area contributed by atoms with Gasteiger partial charge in [0.05, 0.1) is 12.6 Å². The van der Waals surface area contributed by atoms with E-state index in [4.69, 9.17) is 10.5 Å². The summed E-state index contributed by atoms with van der Waals surface area (Å²) in [6, 6.07) is 6.15. The number of hydrogen-bond donors (Lipinski definition) is 2. The maximum absolute atomic E-state index is 5.81. The average molecular weight is 263 g/mol. The Labute approximate surface area is 116 Å². The third-order valence-electron chi connectivity index (χ3n) is 2.56. The fourth-order valence-corrected chi connectivity index (χ4v) is 1.64. The molecule has 0 heterocycles. The van der Waals surface area contributed by atoms with Gasteiger partial charge in [0, 0.05) is 12.1 Å². The Morgan fingerprint density at radius 2 is 2.16 bits per heavy atom. The van der Waals surface area contributed by atoms with Gasteiger partial charge in [0.1, 0.15) is 5.75 Å². The number of rotatable bonds is 6. The predicted molar refractivity (Wildman–Crippen MR) is 80.6 cm³/mol. The fraction of sp³-hybridized carbons (Fsp3) is 0.533. The number of nitrogens with one attached hydrogen (secondary N) is 1. The lowest BCUT2D eigenvalue weighted by atomic mass is 10.1. The highest BCUT2D eigenvalue weighted by atomic mass is 16.5. The normalized spacial score (nSPS) is 11.7. The highest BCUT2D eigenvalue weighted by Crippen LogP contribution is 2.22. The zero-order valence-electron chi connectivity index (χ0n) is 12.4. The van der Waals surface area contributed by atoms with Crippen molar-refractivity contribution in [2.75, 3.05) is 6.54 Å². The van der Waals surface area contributed by atoms with Crippen LogP contribution in [0.1, 0.15) is 38.3 Å². The van der Waals surface area contributed by atoms with Crippen molar-refractivity contribution in [3.63, 3.8) is 0 Å². The van der Waals surface area contributed by atoms with E-state index in [1.54, 1.807) is 0 Å². The molecule has 0 radical (unpaired) electrons. The first kappa shape index (κ1) is 15.3. The van der Waals surface area contributed by atoms with E-state index < -0.39 is 0 Å².